The van der Waals surface area contributed by atoms with E-state index in [0.717, 1.165) is 26.1 Å². The van der Waals surface area contributed by atoms with Crippen molar-refractivity contribution in [3.8, 4) is 0 Å². The SMILES string of the molecule is CCCn1cc(CNC/C=C/CNC(=O)OC(C)(C)C)cn1. The molecule has 2 N–H and O–H groups in total. The minimum absolute atomic E-state index is 0.395. The van der Waals surface area contributed by atoms with Crippen LogP contribution in [0.1, 0.15) is 39.7 Å². The average Bonchev–Trinajstić information content (AvgIpc) is 2.84. The van der Waals surface area contributed by atoms with E-state index in [9.17, 15) is 4.79 Å². The van der Waals surface area contributed by atoms with Gasteiger partial charge in [0.15, 0.2) is 0 Å². The second-order valence-electron chi connectivity index (χ2n) is 6.10. The van der Waals surface area contributed by atoms with Crippen LogP contribution in [0.5, 0.6) is 0 Å². The highest BCUT2D eigenvalue weighted by molar-refractivity contribution is 5.67. The highest BCUT2D eigenvalue weighted by Gasteiger charge is 2.14. The van der Waals surface area contributed by atoms with E-state index >= 15 is 0 Å². The van der Waals surface area contributed by atoms with Crippen LogP contribution in [0.25, 0.3) is 0 Å². The van der Waals surface area contributed by atoms with E-state index in [0.29, 0.717) is 6.54 Å². The first kappa shape index (κ1) is 18.2. The number of hydrogen-bond acceptors (Lipinski definition) is 4. The van der Waals surface area contributed by atoms with Crippen LogP contribution in [0, 0.1) is 0 Å². The Kier molecular flexibility index (Phi) is 7.66. The maximum Gasteiger partial charge on any atom is 0.407 e. The van der Waals surface area contributed by atoms with Crippen LogP contribution in [0.15, 0.2) is 24.5 Å². The van der Waals surface area contributed by atoms with Crippen molar-refractivity contribution in [2.45, 2.75) is 52.8 Å². The molecule has 0 saturated carbocycles. The third kappa shape index (κ3) is 8.46. The summed E-state index contributed by atoms with van der Waals surface area (Å²) < 4.78 is 7.09. The molecule has 1 amide bonds. The molecule has 1 aromatic heterocycles. The molecule has 124 valence electrons. The fourth-order valence-electron chi connectivity index (χ4n) is 1.77. The Morgan fingerprint density at radius 2 is 2.09 bits per heavy atom. The minimum atomic E-state index is -0.461. The first-order valence-corrected chi connectivity index (χ1v) is 7.74. The van der Waals surface area contributed by atoms with Crippen molar-refractivity contribution < 1.29 is 9.53 Å². The number of rotatable bonds is 8. The van der Waals surface area contributed by atoms with Gasteiger partial charge in [-0.25, -0.2) is 4.79 Å². The Bertz CT molecular complexity index is 475. The van der Waals surface area contributed by atoms with Gasteiger partial charge in [0, 0.05) is 37.9 Å². The van der Waals surface area contributed by atoms with Crippen LogP contribution in [-0.4, -0.2) is 34.6 Å². The Balaban J connectivity index is 2.10. The van der Waals surface area contributed by atoms with Crippen molar-refractivity contribution >= 4 is 6.09 Å². The molecule has 1 heterocycles. The topological polar surface area (TPSA) is 68.2 Å². The predicted octanol–water partition coefficient (Wildman–Crippen LogP) is 2.46. The molecule has 0 atom stereocenters. The molecular weight excluding hydrogens is 280 g/mol. The van der Waals surface area contributed by atoms with Gasteiger partial charge in [-0.3, -0.25) is 4.68 Å². The molecule has 6 nitrogen and oxygen atoms in total. The minimum Gasteiger partial charge on any atom is -0.444 e. The molecule has 6 heteroatoms. The van der Waals surface area contributed by atoms with Gasteiger partial charge in [0.05, 0.1) is 6.20 Å². The van der Waals surface area contributed by atoms with Crippen molar-refractivity contribution in [1.29, 1.82) is 0 Å². The number of hydrogen-bond donors (Lipinski definition) is 2. The molecule has 22 heavy (non-hydrogen) atoms. The van der Waals surface area contributed by atoms with Gasteiger partial charge in [-0.05, 0) is 27.2 Å². The highest BCUT2D eigenvalue weighted by Crippen LogP contribution is 2.06. The molecule has 0 radical (unpaired) electrons. The van der Waals surface area contributed by atoms with Crippen molar-refractivity contribution in [3.63, 3.8) is 0 Å². The van der Waals surface area contributed by atoms with E-state index < -0.39 is 11.7 Å². The summed E-state index contributed by atoms with van der Waals surface area (Å²) in [6.45, 7) is 10.6. The molecule has 0 bridgehead atoms. The predicted molar refractivity (Wildman–Crippen MR) is 87.6 cm³/mol. The lowest BCUT2D eigenvalue weighted by atomic mass is 10.2. The maximum absolute atomic E-state index is 11.4. The molecule has 0 spiro atoms. The number of aromatic nitrogens is 2. The fraction of sp³-hybridized carbons (Fsp3) is 0.625. The second-order valence-corrected chi connectivity index (χ2v) is 6.10. The number of alkyl carbamates (subject to hydrolysis) is 1. The Labute approximate surface area is 132 Å². The van der Waals surface area contributed by atoms with Gasteiger partial charge in [-0.2, -0.15) is 5.10 Å². The average molecular weight is 308 g/mol. The highest BCUT2D eigenvalue weighted by atomic mass is 16.6. The van der Waals surface area contributed by atoms with E-state index in [1.165, 1.54) is 5.56 Å². The summed E-state index contributed by atoms with van der Waals surface area (Å²) in [5.74, 6) is 0. The third-order valence-corrected chi connectivity index (χ3v) is 2.66. The lowest BCUT2D eigenvalue weighted by Crippen LogP contribution is -2.32. The standard InChI is InChI=1S/C16H28N4O2/c1-5-10-20-13-14(12-19-20)11-17-8-6-7-9-18-15(21)22-16(2,3)4/h6-7,12-13,17H,5,8-11H2,1-4H3,(H,18,21)/b7-6+. The normalized spacial score (nSPS) is 11.8. The number of nitrogens with one attached hydrogen (secondary N) is 2. The van der Waals surface area contributed by atoms with Crippen molar-refractivity contribution in [2.24, 2.45) is 0 Å². The molecule has 1 aromatic rings. The second kappa shape index (κ2) is 9.25. The first-order valence-electron chi connectivity index (χ1n) is 7.74. The van der Waals surface area contributed by atoms with Crippen LogP contribution in [0.4, 0.5) is 4.79 Å². The summed E-state index contributed by atoms with van der Waals surface area (Å²) >= 11 is 0. The largest absolute Gasteiger partial charge is 0.444 e. The van der Waals surface area contributed by atoms with Crippen molar-refractivity contribution in [1.82, 2.24) is 20.4 Å². The Morgan fingerprint density at radius 3 is 2.77 bits per heavy atom. The lowest BCUT2D eigenvalue weighted by Gasteiger charge is -2.19. The summed E-state index contributed by atoms with van der Waals surface area (Å²) in [5.41, 5.74) is 0.714. The molecule has 1 rings (SSSR count). The van der Waals surface area contributed by atoms with E-state index in [1.807, 2.05) is 43.8 Å². The summed E-state index contributed by atoms with van der Waals surface area (Å²) in [6, 6.07) is 0. The zero-order chi connectivity index (χ0) is 16.4. The quantitative estimate of drug-likeness (QED) is 0.572. The first-order chi connectivity index (χ1) is 10.4. The van der Waals surface area contributed by atoms with Crippen LogP contribution in [-0.2, 0) is 17.8 Å². The van der Waals surface area contributed by atoms with E-state index in [1.54, 1.807) is 0 Å². The lowest BCUT2D eigenvalue weighted by molar-refractivity contribution is 0.0534. The molecule has 0 unspecified atom stereocenters. The summed E-state index contributed by atoms with van der Waals surface area (Å²) in [7, 11) is 0. The summed E-state index contributed by atoms with van der Waals surface area (Å²) in [6.07, 6.45) is 8.52. The maximum atomic E-state index is 11.4. The van der Waals surface area contributed by atoms with E-state index in [2.05, 4.69) is 28.9 Å². The van der Waals surface area contributed by atoms with Gasteiger partial charge in [0.1, 0.15) is 5.60 Å². The molecule has 0 aliphatic rings. The number of aryl methyl sites for hydroxylation is 1. The number of carbonyl (C=O) groups is 1. The van der Waals surface area contributed by atoms with Gasteiger partial charge in [0.25, 0.3) is 0 Å². The zero-order valence-corrected chi connectivity index (χ0v) is 14.1. The van der Waals surface area contributed by atoms with Crippen molar-refractivity contribution in [2.75, 3.05) is 13.1 Å². The number of carbonyl (C=O) groups excluding carboxylic acids is 1. The summed E-state index contributed by atoms with van der Waals surface area (Å²) in [4.78, 5) is 11.4. The van der Waals surface area contributed by atoms with Gasteiger partial charge in [-0.15, -0.1) is 0 Å². The fourth-order valence-corrected chi connectivity index (χ4v) is 1.77. The summed E-state index contributed by atoms with van der Waals surface area (Å²) in [5, 5.41) is 10.3. The van der Waals surface area contributed by atoms with E-state index in [-0.39, 0.29) is 0 Å². The molecule has 0 aliphatic heterocycles. The molecule has 0 saturated heterocycles. The Morgan fingerprint density at radius 1 is 1.36 bits per heavy atom. The van der Waals surface area contributed by atoms with Crippen LogP contribution >= 0.6 is 0 Å². The number of amides is 1. The van der Waals surface area contributed by atoms with Gasteiger partial charge < -0.3 is 15.4 Å². The smallest absolute Gasteiger partial charge is 0.407 e. The van der Waals surface area contributed by atoms with Crippen LogP contribution < -0.4 is 10.6 Å². The molecule has 0 aromatic carbocycles. The van der Waals surface area contributed by atoms with Crippen LogP contribution in [0.3, 0.4) is 0 Å². The van der Waals surface area contributed by atoms with Crippen molar-refractivity contribution in [3.05, 3.63) is 30.1 Å². The monoisotopic (exact) mass is 308 g/mol. The van der Waals surface area contributed by atoms with Gasteiger partial charge >= 0.3 is 6.09 Å². The zero-order valence-electron chi connectivity index (χ0n) is 14.1. The van der Waals surface area contributed by atoms with E-state index in [4.69, 9.17) is 4.74 Å². The van der Waals surface area contributed by atoms with Gasteiger partial charge in [-0.1, -0.05) is 19.1 Å². The Hall–Kier alpha value is -1.82. The number of nitrogens with zero attached hydrogens (tertiary/aromatic N) is 2. The van der Waals surface area contributed by atoms with Gasteiger partial charge in [0.2, 0.25) is 0 Å². The number of ether oxygens (including phenoxy) is 1. The molecule has 0 fully saturated rings. The third-order valence-electron chi connectivity index (χ3n) is 2.66. The molecule has 0 aliphatic carbocycles. The van der Waals surface area contributed by atoms with Crippen LogP contribution in [0.2, 0.25) is 0 Å². The molecular formula is C16H28N4O2.